The molecule has 1 heterocycles. The number of hydrogen-bond acceptors (Lipinski definition) is 3. The minimum atomic E-state index is -4.43. The summed E-state index contributed by atoms with van der Waals surface area (Å²) in [6.07, 6.45) is -2.61. The molecule has 19 heavy (non-hydrogen) atoms. The number of rotatable bonds is 2. The van der Waals surface area contributed by atoms with Crippen molar-refractivity contribution in [3.63, 3.8) is 0 Å². The van der Waals surface area contributed by atoms with Crippen molar-refractivity contribution in [3.8, 4) is 11.1 Å². The second-order valence-corrected chi connectivity index (χ2v) is 3.89. The van der Waals surface area contributed by atoms with Crippen LogP contribution in [-0.4, -0.2) is 11.3 Å². The van der Waals surface area contributed by atoms with E-state index in [2.05, 4.69) is 4.98 Å². The molecular weight excluding hydrogens is 257 g/mol. The molecule has 0 saturated heterocycles. The molecular formula is C13H9F3N2O. The highest BCUT2D eigenvalue weighted by Crippen LogP contribution is 2.32. The summed E-state index contributed by atoms with van der Waals surface area (Å²) in [5.74, 6) is 0.137. The summed E-state index contributed by atoms with van der Waals surface area (Å²) < 4.78 is 37.9. The van der Waals surface area contributed by atoms with Crippen LogP contribution in [0.2, 0.25) is 0 Å². The molecule has 0 aliphatic carbocycles. The molecule has 0 fully saturated rings. The van der Waals surface area contributed by atoms with Gasteiger partial charge in [0.2, 0.25) is 0 Å². The van der Waals surface area contributed by atoms with Gasteiger partial charge in [0.25, 0.3) is 0 Å². The van der Waals surface area contributed by atoms with Crippen LogP contribution in [0.3, 0.4) is 0 Å². The number of nitrogens with zero attached hydrogens (tertiary/aromatic N) is 1. The summed E-state index contributed by atoms with van der Waals surface area (Å²) in [6.45, 7) is 0. The molecule has 2 aromatic rings. The summed E-state index contributed by atoms with van der Waals surface area (Å²) in [5, 5.41) is 0. The van der Waals surface area contributed by atoms with Crippen LogP contribution in [0.5, 0.6) is 0 Å². The fourth-order valence-electron chi connectivity index (χ4n) is 1.69. The van der Waals surface area contributed by atoms with Crippen LogP contribution in [0.25, 0.3) is 11.1 Å². The summed E-state index contributed by atoms with van der Waals surface area (Å²) in [6, 6.07) is 6.02. The van der Waals surface area contributed by atoms with E-state index in [0.29, 0.717) is 11.8 Å². The van der Waals surface area contributed by atoms with Gasteiger partial charge in [-0.1, -0.05) is 12.1 Å². The lowest BCUT2D eigenvalue weighted by Crippen LogP contribution is -2.05. The first-order valence-electron chi connectivity index (χ1n) is 5.30. The van der Waals surface area contributed by atoms with E-state index in [4.69, 9.17) is 5.73 Å². The van der Waals surface area contributed by atoms with E-state index < -0.39 is 11.7 Å². The second-order valence-electron chi connectivity index (χ2n) is 3.89. The molecule has 3 nitrogen and oxygen atoms in total. The molecule has 0 unspecified atom stereocenters. The quantitative estimate of drug-likeness (QED) is 0.849. The highest BCUT2D eigenvalue weighted by molar-refractivity contribution is 5.88. The molecule has 2 rings (SSSR count). The van der Waals surface area contributed by atoms with E-state index >= 15 is 0 Å². The lowest BCUT2D eigenvalue weighted by molar-refractivity contribution is -0.137. The minimum absolute atomic E-state index is 0.137. The number of halogens is 3. The molecule has 0 atom stereocenters. The summed E-state index contributed by atoms with van der Waals surface area (Å²) >= 11 is 0. The Morgan fingerprint density at radius 1 is 1.21 bits per heavy atom. The fraction of sp³-hybridized carbons (Fsp3) is 0.0769. The SMILES string of the molecule is Nc1cc(C=O)c(-c2cccc(C(F)(F)F)c2)cn1. The van der Waals surface area contributed by atoms with Crippen LogP contribution in [0.4, 0.5) is 19.0 Å². The summed E-state index contributed by atoms with van der Waals surface area (Å²) in [4.78, 5) is 14.7. The standard InChI is InChI=1S/C13H9F3N2O/c14-13(15,16)10-3-1-2-8(4-10)11-6-18-12(17)5-9(11)7-19/h1-7H,(H2,17,18). The van der Waals surface area contributed by atoms with Crippen molar-refractivity contribution in [2.24, 2.45) is 0 Å². The first-order chi connectivity index (χ1) is 8.91. The van der Waals surface area contributed by atoms with Gasteiger partial charge in [-0.05, 0) is 23.8 Å². The highest BCUT2D eigenvalue weighted by Gasteiger charge is 2.30. The molecule has 0 bridgehead atoms. The number of benzene rings is 1. The van der Waals surface area contributed by atoms with Crippen molar-refractivity contribution >= 4 is 12.1 Å². The zero-order chi connectivity index (χ0) is 14.0. The molecule has 0 aliphatic heterocycles. The monoisotopic (exact) mass is 266 g/mol. The Morgan fingerprint density at radius 3 is 2.58 bits per heavy atom. The smallest absolute Gasteiger partial charge is 0.384 e. The number of nitrogens with two attached hydrogens (primary N) is 1. The van der Waals surface area contributed by atoms with Crippen LogP contribution in [0.1, 0.15) is 15.9 Å². The molecule has 0 spiro atoms. The van der Waals surface area contributed by atoms with Crippen molar-refractivity contribution in [2.45, 2.75) is 6.18 Å². The Labute approximate surface area is 106 Å². The van der Waals surface area contributed by atoms with Gasteiger partial charge in [-0.3, -0.25) is 4.79 Å². The molecule has 0 amide bonds. The maximum Gasteiger partial charge on any atom is 0.416 e. The van der Waals surface area contributed by atoms with Crippen LogP contribution in [0, 0.1) is 0 Å². The number of hydrogen-bond donors (Lipinski definition) is 1. The Hall–Kier alpha value is -2.37. The number of aromatic nitrogens is 1. The van der Waals surface area contributed by atoms with Crippen LogP contribution in [0.15, 0.2) is 36.5 Å². The first-order valence-corrected chi connectivity index (χ1v) is 5.30. The predicted molar refractivity (Wildman–Crippen MR) is 64.5 cm³/mol. The molecule has 0 aliphatic rings. The first kappa shape index (κ1) is 13.1. The van der Waals surface area contributed by atoms with Gasteiger partial charge in [0, 0.05) is 17.3 Å². The van der Waals surface area contributed by atoms with Gasteiger partial charge in [0.15, 0.2) is 6.29 Å². The normalized spacial score (nSPS) is 11.3. The van der Waals surface area contributed by atoms with Crippen molar-refractivity contribution in [1.82, 2.24) is 4.98 Å². The number of alkyl halides is 3. The molecule has 1 aromatic carbocycles. The maximum atomic E-state index is 12.6. The van der Waals surface area contributed by atoms with E-state index in [1.165, 1.54) is 24.4 Å². The topological polar surface area (TPSA) is 56.0 Å². The summed E-state index contributed by atoms with van der Waals surface area (Å²) in [7, 11) is 0. The predicted octanol–water partition coefficient (Wildman–Crippen LogP) is 3.16. The number of anilines is 1. The van der Waals surface area contributed by atoms with E-state index in [1.807, 2.05) is 0 Å². The number of nitrogen functional groups attached to an aromatic ring is 1. The van der Waals surface area contributed by atoms with Crippen LogP contribution in [-0.2, 0) is 6.18 Å². The third-order valence-corrected chi connectivity index (χ3v) is 2.58. The van der Waals surface area contributed by atoms with Gasteiger partial charge in [0.05, 0.1) is 5.56 Å². The Bertz CT molecular complexity index is 624. The molecule has 6 heteroatoms. The van der Waals surface area contributed by atoms with E-state index in [0.717, 1.165) is 12.1 Å². The molecule has 0 saturated carbocycles. The minimum Gasteiger partial charge on any atom is -0.384 e. The third-order valence-electron chi connectivity index (χ3n) is 2.58. The van der Waals surface area contributed by atoms with Crippen molar-refractivity contribution < 1.29 is 18.0 Å². The van der Waals surface area contributed by atoms with E-state index in [9.17, 15) is 18.0 Å². The van der Waals surface area contributed by atoms with Gasteiger partial charge in [-0.2, -0.15) is 13.2 Å². The fourth-order valence-corrected chi connectivity index (χ4v) is 1.69. The molecule has 98 valence electrons. The second kappa shape index (κ2) is 4.72. The lowest BCUT2D eigenvalue weighted by Gasteiger charge is -2.10. The lowest BCUT2D eigenvalue weighted by atomic mass is 10.0. The van der Waals surface area contributed by atoms with E-state index in [-0.39, 0.29) is 16.9 Å². The number of carbonyl (C=O) groups excluding carboxylic acids is 1. The number of aldehydes is 1. The summed E-state index contributed by atoms with van der Waals surface area (Å²) in [5.41, 5.74) is 5.44. The van der Waals surface area contributed by atoms with Gasteiger partial charge < -0.3 is 5.73 Å². The van der Waals surface area contributed by atoms with Crippen LogP contribution < -0.4 is 5.73 Å². The number of carbonyl (C=O) groups is 1. The van der Waals surface area contributed by atoms with Crippen molar-refractivity contribution in [2.75, 3.05) is 5.73 Å². The number of pyridine rings is 1. The Kier molecular flexibility index (Phi) is 3.25. The zero-order valence-corrected chi connectivity index (χ0v) is 9.61. The largest absolute Gasteiger partial charge is 0.416 e. The zero-order valence-electron chi connectivity index (χ0n) is 9.61. The van der Waals surface area contributed by atoms with Crippen molar-refractivity contribution in [3.05, 3.63) is 47.7 Å². The average molecular weight is 266 g/mol. The Morgan fingerprint density at radius 2 is 1.95 bits per heavy atom. The van der Waals surface area contributed by atoms with Gasteiger partial charge >= 0.3 is 6.18 Å². The molecule has 1 aromatic heterocycles. The molecule has 2 N–H and O–H groups in total. The third kappa shape index (κ3) is 2.73. The maximum absolute atomic E-state index is 12.6. The van der Waals surface area contributed by atoms with Gasteiger partial charge in [-0.15, -0.1) is 0 Å². The van der Waals surface area contributed by atoms with Crippen molar-refractivity contribution in [1.29, 1.82) is 0 Å². The highest BCUT2D eigenvalue weighted by atomic mass is 19.4. The van der Waals surface area contributed by atoms with Gasteiger partial charge in [0.1, 0.15) is 5.82 Å². The van der Waals surface area contributed by atoms with E-state index in [1.54, 1.807) is 0 Å². The average Bonchev–Trinajstić information content (AvgIpc) is 2.37. The Balaban J connectivity index is 2.56. The molecule has 0 radical (unpaired) electrons. The van der Waals surface area contributed by atoms with Crippen LogP contribution >= 0.6 is 0 Å². The van der Waals surface area contributed by atoms with Gasteiger partial charge in [-0.25, -0.2) is 4.98 Å².